The van der Waals surface area contributed by atoms with E-state index in [-0.39, 0.29) is 5.92 Å². The van der Waals surface area contributed by atoms with Crippen molar-refractivity contribution in [2.75, 3.05) is 7.05 Å². The van der Waals surface area contributed by atoms with E-state index >= 15 is 0 Å². The summed E-state index contributed by atoms with van der Waals surface area (Å²) in [6.07, 6.45) is -1.18. The van der Waals surface area contributed by atoms with E-state index in [0.717, 1.165) is 5.56 Å². The van der Waals surface area contributed by atoms with E-state index in [1.54, 1.807) is 39.0 Å². The molecule has 0 heterocycles. The zero-order valence-electron chi connectivity index (χ0n) is 15.6. The molecule has 8 heteroatoms. The van der Waals surface area contributed by atoms with Crippen molar-refractivity contribution in [3.63, 3.8) is 0 Å². The van der Waals surface area contributed by atoms with Crippen LogP contribution in [0.3, 0.4) is 0 Å². The number of urea groups is 1. The van der Waals surface area contributed by atoms with Crippen LogP contribution in [0.1, 0.15) is 36.7 Å². The van der Waals surface area contributed by atoms with E-state index in [0.29, 0.717) is 5.56 Å². The Labute approximate surface area is 152 Å². The fourth-order valence-electron chi connectivity index (χ4n) is 2.12. The maximum absolute atomic E-state index is 12.4. The summed E-state index contributed by atoms with van der Waals surface area (Å²) in [5, 5.41) is 6.89. The van der Waals surface area contributed by atoms with Crippen molar-refractivity contribution in [2.24, 2.45) is 5.92 Å². The van der Waals surface area contributed by atoms with Crippen molar-refractivity contribution in [1.29, 1.82) is 0 Å². The Kier molecular flexibility index (Phi) is 7.77. The first kappa shape index (κ1) is 21.1. The maximum Gasteiger partial charge on any atom is 0.329 e. The van der Waals surface area contributed by atoms with Gasteiger partial charge in [0.05, 0.1) is 0 Å². The monoisotopic (exact) mass is 363 g/mol. The molecule has 4 amide bonds. The minimum Gasteiger partial charge on any atom is -0.451 e. The number of carbonyl (C=O) groups excluding carboxylic acids is 4. The Morgan fingerprint density at radius 3 is 2.19 bits per heavy atom. The Morgan fingerprint density at radius 2 is 1.65 bits per heavy atom. The smallest absolute Gasteiger partial charge is 0.329 e. The number of imide groups is 1. The SMILES string of the molecule is CNC(=O)NC(=O)[C@H](C)OC(=O)[C@@H](NC(=O)c1ccccc1C)C(C)C. The first-order valence-electron chi connectivity index (χ1n) is 8.27. The van der Waals surface area contributed by atoms with Crippen LogP contribution in [0.25, 0.3) is 0 Å². The van der Waals surface area contributed by atoms with Gasteiger partial charge in [0.1, 0.15) is 6.04 Å². The van der Waals surface area contributed by atoms with Crippen LogP contribution in [0, 0.1) is 12.8 Å². The molecule has 2 atom stereocenters. The highest BCUT2D eigenvalue weighted by molar-refractivity contribution is 5.99. The third-order valence-corrected chi connectivity index (χ3v) is 3.72. The number of benzene rings is 1. The van der Waals surface area contributed by atoms with Gasteiger partial charge >= 0.3 is 12.0 Å². The predicted octanol–water partition coefficient (Wildman–Crippen LogP) is 1.14. The molecule has 0 aliphatic heterocycles. The second kappa shape index (κ2) is 9.55. The number of nitrogens with one attached hydrogen (secondary N) is 3. The van der Waals surface area contributed by atoms with Crippen LogP contribution >= 0.6 is 0 Å². The van der Waals surface area contributed by atoms with Crippen molar-refractivity contribution in [1.82, 2.24) is 16.0 Å². The fraction of sp³-hybridized carbons (Fsp3) is 0.444. The zero-order valence-corrected chi connectivity index (χ0v) is 15.6. The molecule has 1 aromatic carbocycles. The van der Waals surface area contributed by atoms with Crippen LogP contribution in [0.4, 0.5) is 4.79 Å². The highest BCUT2D eigenvalue weighted by Crippen LogP contribution is 2.11. The van der Waals surface area contributed by atoms with Gasteiger partial charge in [0.15, 0.2) is 6.10 Å². The van der Waals surface area contributed by atoms with E-state index in [2.05, 4.69) is 10.6 Å². The molecule has 0 aliphatic carbocycles. The number of hydrogen-bond donors (Lipinski definition) is 3. The fourth-order valence-corrected chi connectivity index (χ4v) is 2.12. The van der Waals surface area contributed by atoms with Crippen molar-refractivity contribution in [3.8, 4) is 0 Å². The minimum absolute atomic E-state index is 0.260. The molecule has 26 heavy (non-hydrogen) atoms. The van der Waals surface area contributed by atoms with Gasteiger partial charge in [0.25, 0.3) is 11.8 Å². The summed E-state index contributed by atoms with van der Waals surface area (Å²) in [7, 11) is 1.36. The Bertz CT molecular complexity index is 687. The molecule has 8 nitrogen and oxygen atoms in total. The number of aryl methyl sites for hydroxylation is 1. The van der Waals surface area contributed by atoms with Crippen LogP contribution in [-0.4, -0.2) is 43.0 Å². The molecule has 0 saturated heterocycles. The first-order chi connectivity index (χ1) is 12.2. The number of rotatable bonds is 6. The molecule has 0 aliphatic rings. The standard InChI is InChI=1S/C18H25N3O5/c1-10(2)14(20-16(23)13-9-7-6-8-11(13)3)17(24)26-12(4)15(22)21-18(25)19-5/h6-10,12,14H,1-5H3,(H,20,23)(H2,19,21,22,25)/t12-,14-/m0/s1. The summed E-state index contributed by atoms with van der Waals surface area (Å²) in [6.45, 7) is 6.64. The van der Waals surface area contributed by atoms with Gasteiger partial charge in [-0.15, -0.1) is 0 Å². The lowest BCUT2D eigenvalue weighted by Gasteiger charge is -2.23. The van der Waals surface area contributed by atoms with Crippen molar-refractivity contribution in [3.05, 3.63) is 35.4 Å². The second-order valence-corrected chi connectivity index (χ2v) is 6.16. The van der Waals surface area contributed by atoms with E-state index in [4.69, 9.17) is 4.74 Å². The molecular formula is C18H25N3O5. The number of esters is 1. The van der Waals surface area contributed by atoms with Gasteiger partial charge in [-0.1, -0.05) is 32.0 Å². The molecule has 0 spiro atoms. The van der Waals surface area contributed by atoms with E-state index in [1.165, 1.54) is 14.0 Å². The summed E-state index contributed by atoms with van der Waals surface area (Å²) in [5.74, 6) is -2.17. The minimum atomic E-state index is -1.18. The van der Waals surface area contributed by atoms with Gasteiger partial charge in [-0.2, -0.15) is 0 Å². The Hall–Kier alpha value is -2.90. The van der Waals surface area contributed by atoms with Crippen molar-refractivity contribution >= 4 is 23.8 Å². The largest absolute Gasteiger partial charge is 0.451 e. The molecule has 142 valence electrons. The lowest BCUT2D eigenvalue weighted by molar-refractivity contribution is -0.157. The van der Waals surface area contributed by atoms with Crippen molar-refractivity contribution in [2.45, 2.75) is 39.8 Å². The van der Waals surface area contributed by atoms with Crippen LogP contribution in [0.5, 0.6) is 0 Å². The molecule has 1 rings (SSSR count). The third kappa shape index (κ3) is 5.87. The summed E-state index contributed by atoms with van der Waals surface area (Å²) < 4.78 is 5.10. The predicted molar refractivity (Wildman–Crippen MR) is 95.4 cm³/mol. The zero-order chi connectivity index (χ0) is 19.9. The normalized spacial score (nSPS) is 12.7. The first-order valence-corrected chi connectivity index (χ1v) is 8.27. The quantitative estimate of drug-likeness (QED) is 0.656. The third-order valence-electron chi connectivity index (χ3n) is 3.72. The average Bonchev–Trinajstić information content (AvgIpc) is 2.58. The van der Waals surface area contributed by atoms with Crippen LogP contribution in [0.2, 0.25) is 0 Å². The van der Waals surface area contributed by atoms with Gasteiger partial charge < -0.3 is 15.4 Å². The molecular weight excluding hydrogens is 338 g/mol. The molecule has 3 N–H and O–H groups in total. The van der Waals surface area contributed by atoms with Gasteiger partial charge in [-0.3, -0.25) is 14.9 Å². The van der Waals surface area contributed by atoms with E-state index < -0.39 is 36.0 Å². The van der Waals surface area contributed by atoms with Crippen LogP contribution in [0.15, 0.2) is 24.3 Å². The molecule has 0 saturated carbocycles. The van der Waals surface area contributed by atoms with Gasteiger partial charge in [-0.25, -0.2) is 9.59 Å². The molecule has 0 aromatic heterocycles. The van der Waals surface area contributed by atoms with E-state index in [1.807, 2.05) is 11.4 Å². The average molecular weight is 363 g/mol. The summed E-state index contributed by atoms with van der Waals surface area (Å²) in [6, 6.07) is 5.36. The van der Waals surface area contributed by atoms with Crippen molar-refractivity contribution < 1.29 is 23.9 Å². The topological polar surface area (TPSA) is 114 Å². The second-order valence-electron chi connectivity index (χ2n) is 6.16. The highest BCUT2D eigenvalue weighted by atomic mass is 16.5. The van der Waals surface area contributed by atoms with E-state index in [9.17, 15) is 19.2 Å². The Morgan fingerprint density at radius 1 is 1.04 bits per heavy atom. The molecule has 0 radical (unpaired) electrons. The molecule has 1 aromatic rings. The molecule has 0 unspecified atom stereocenters. The lowest BCUT2D eigenvalue weighted by Crippen LogP contribution is -2.49. The van der Waals surface area contributed by atoms with Gasteiger partial charge in [0, 0.05) is 12.6 Å². The summed E-state index contributed by atoms with van der Waals surface area (Å²) >= 11 is 0. The lowest BCUT2D eigenvalue weighted by atomic mass is 10.0. The summed E-state index contributed by atoms with van der Waals surface area (Å²) in [5.41, 5.74) is 1.23. The molecule has 0 bridgehead atoms. The molecule has 0 fully saturated rings. The number of carbonyl (C=O) groups is 4. The van der Waals surface area contributed by atoms with Crippen LogP contribution < -0.4 is 16.0 Å². The maximum atomic E-state index is 12.4. The van der Waals surface area contributed by atoms with Gasteiger partial charge in [-0.05, 0) is 31.4 Å². The highest BCUT2D eigenvalue weighted by Gasteiger charge is 2.29. The number of amides is 4. The summed E-state index contributed by atoms with van der Waals surface area (Å²) in [4.78, 5) is 47.8. The number of hydrogen-bond acceptors (Lipinski definition) is 5. The Balaban J connectivity index is 2.78. The van der Waals surface area contributed by atoms with Gasteiger partial charge in [0.2, 0.25) is 0 Å². The van der Waals surface area contributed by atoms with Crippen LogP contribution in [-0.2, 0) is 14.3 Å². The number of ether oxygens (including phenoxy) is 1.